The average Bonchev–Trinajstić information content (AvgIpc) is 2.65. The first-order valence-electron chi connectivity index (χ1n) is 8.07. The van der Waals surface area contributed by atoms with Crippen molar-refractivity contribution in [3.63, 3.8) is 0 Å². The van der Waals surface area contributed by atoms with E-state index in [0.717, 1.165) is 27.6 Å². The number of hydrogen-bond acceptors (Lipinski definition) is 4. The smallest absolute Gasteiger partial charge is 0.261 e. The van der Waals surface area contributed by atoms with Gasteiger partial charge in [-0.25, -0.2) is 4.98 Å². The summed E-state index contributed by atoms with van der Waals surface area (Å²) in [5.74, 6) is 0.241. The number of anilines is 1. The molecule has 0 saturated carbocycles. The second kappa shape index (κ2) is 8.26. The largest absolute Gasteiger partial charge is 0.417 e. The number of aryl methyl sites for hydroxylation is 1. The molecule has 27 heavy (non-hydrogen) atoms. The Bertz CT molecular complexity index is 903. The van der Waals surface area contributed by atoms with E-state index in [2.05, 4.69) is 46.7 Å². The SMILES string of the molecule is Cc1ccc(Sc2ccc(/C=N/Nc3ccc(C(F)(F)F)cn3)cc2)cc1. The van der Waals surface area contributed by atoms with E-state index in [1.54, 1.807) is 18.0 Å². The van der Waals surface area contributed by atoms with Crippen LogP contribution in [0.25, 0.3) is 0 Å². The molecule has 3 nitrogen and oxygen atoms in total. The maximum absolute atomic E-state index is 12.5. The summed E-state index contributed by atoms with van der Waals surface area (Å²) >= 11 is 1.67. The number of aromatic nitrogens is 1. The first kappa shape index (κ1) is 19.0. The Morgan fingerprint density at radius 3 is 2.11 bits per heavy atom. The van der Waals surface area contributed by atoms with E-state index in [4.69, 9.17) is 0 Å². The lowest BCUT2D eigenvalue weighted by molar-refractivity contribution is -0.137. The summed E-state index contributed by atoms with van der Waals surface area (Å²) in [5.41, 5.74) is 3.91. The Labute approximate surface area is 159 Å². The van der Waals surface area contributed by atoms with Gasteiger partial charge >= 0.3 is 6.18 Å². The van der Waals surface area contributed by atoms with Crippen molar-refractivity contribution in [2.24, 2.45) is 5.10 Å². The Kier molecular flexibility index (Phi) is 5.81. The van der Waals surface area contributed by atoms with Gasteiger partial charge in [-0.2, -0.15) is 18.3 Å². The third-order valence-electron chi connectivity index (χ3n) is 3.62. The predicted octanol–water partition coefficient (Wildman–Crippen LogP) is 6.01. The van der Waals surface area contributed by atoms with Crippen LogP contribution in [-0.2, 0) is 6.18 Å². The lowest BCUT2D eigenvalue weighted by Crippen LogP contribution is -2.05. The molecule has 3 aromatic rings. The number of hydrazone groups is 1. The summed E-state index contributed by atoms with van der Waals surface area (Å²) in [4.78, 5) is 5.96. The summed E-state index contributed by atoms with van der Waals surface area (Å²) in [5, 5.41) is 4.00. The molecule has 0 spiro atoms. The van der Waals surface area contributed by atoms with E-state index in [0.29, 0.717) is 0 Å². The van der Waals surface area contributed by atoms with Crippen LogP contribution in [0.3, 0.4) is 0 Å². The molecule has 0 saturated heterocycles. The van der Waals surface area contributed by atoms with Gasteiger partial charge in [0.05, 0.1) is 11.8 Å². The number of rotatable bonds is 5. The van der Waals surface area contributed by atoms with E-state index in [-0.39, 0.29) is 5.82 Å². The van der Waals surface area contributed by atoms with Crippen molar-refractivity contribution in [1.29, 1.82) is 0 Å². The van der Waals surface area contributed by atoms with Crippen molar-refractivity contribution in [1.82, 2.24) is 4.98 Å². The standard InChI is InChI=1S/C20H16F3N3S/c1-14-2-7-17(8-3-14)27-18-9-4-15(5-10-18)12-25-26-19-11-6-16(13-24-19)20(21,22)23/h2-13H,1H3,(H,24,26)/b25-12+. The van der Waals surface area contributed by atoms with Crippen LogP contribution in [0.2, 0.25) is 0 Å². The van der Waals surface area contributed by atoms with Crippen molar-refractivity contribution in [2.45, 2.75) is 22.9 Å². The van der Waals surface area contributed by atoms with Gasteiger partial charge in [0.2, 0.25) is 0 Å². The van der Waals surface area contributed by atoms with Gasteiger partial charge in [0.1, 0.15) is 5.82 Å². The van der Waals surface area contributed by atoms with Gasteiger partial charge in [-0.3, -0.25) is 5.43 Å². The zero-order valence-electron chi connectivity index (χ0n) is 14.4. The highest BCUT2D eigenvalue weighted by Crippen LogP contribution is 2.29. The summed E-state index contributed by atoms with van der Waals surface area (Å²) < 4.78 is 37.5. The van der Waals surface area contributed by atoms with Crippen LogP contribution in [-0.4, -0.2) is 11.2 Å². The number of nitrogens with one attached hydrogen (secondary N) is 1. The van der Waals surface area contributed by atoms with Gasteiger partial charge in [-0.05, 0) is 48.9 Å². The van der Waals surface area contributed by atoms with Gasteiger partial charge in [-0.1, -0.05) is 41.6 Å². The van der Waals surface area contributed by atoms with Crippen molar-refractivity contribution in [2.75, 3.05) is 5.43 Å². The molecule has 0 aliphatic carbocycles. The van der Waals surface area contributed by atoms with Crippen LogP contribution in [0.15, 0.2) is 81.8 Å². The third-order valence-corrected chi connectivity index (χ3v) is 4.64. The predicted molar refractivity (Wildman–Crippen MR) is 102 cm³/mol. The molecule has 0 bridgehead atoms. The molecule has 0 aliphatic heterocycles. The Balaban J connectivity index is 1.57. The number of nitrogens with zero attached hydrogens (tertiary/aromatic N) is 2. The quantitative estimate of drug-likeness (QED) is 0.431. The minimum Gasteiger partial charge on any atom is -0.261 e. The first-order valence-corrected chi connectivity index (χ1v) is 8.89. The molecule has 7 heteroatoms. The highest BCUT2D eigenvalue weighted by Gasteiger charge is 2.30. The van der Waals surface area contributed by atoms with E-state index < -0.39 is 11.7 Å². The van der Waals surface area contributed by atoms with Gasteiger partial charge < -0.3 is 0 Å². The minimum atomic E-state index is -4.40. The maximum atomic E-state index is 12.5. The maximum Gasteiger partial charge on any atom is 0.417 e. The van der Waals surface area contributed by atoms with Gasteiger partial charge in [0.15, 0.2) is 0 Å². The van der Waals surface area contributed by atoms with E-state index in [1.165, 1.54) is 11.6 Å². The number of pyridine rings is 1. The molecule has 3 rings (SSSR count). The second-order valence-corrected chi connectivity index (χ2v) is 6.93. The van der Waals surface area contributed by atoms with Crippen LogP contribution in [0, 0.1) is 6.92 Å². The number of hydrogen-bond donors (Lipinski definition) is 1. The fourth-order valence-corrected chi connectivity index (χ4v) is 2.98. The molecule has 0 fully saturated rings. The monoisotopic (exact) mass is 387 g/mol. The molecular weight excluding hydrogens is 371 g/mol. The topological polar surface area (TPSA) is 37.3 Å². The fourth-order valence-electron chi connectivity index (χ4n) is 2.16. The van der Waals surface area contributed by atoms with Crippen LogP contribution in [0.4, 0.5) is 19.0 Å². The Morgan fingerprint density at radius 1 is 0.926 bits per heavy atom. The summed E-state index contributed by atoms with van der Waals surface area (Å²) in [6.07, 6.45) is -2.04. The van der Waals surface area contributed by atoms with Crippen molar-refractivity contribution in [3.05, 3.63) is 83.6 Å². The van der Waals surface area contributed by atoms with Gasteiger partial charge in [0.25, 0.3) is 0 Å². The average molecular weight is 387 g/mol. The lowest BCUT2D eigenvalue weighted by Gasteiger charge is -2.06. The van der Waals surface area contributed by atoms with Crippen LogP contribution in [0.5, 0.6) is 0 Å². The summed E-state index contributed by atoms with van der Waals surface area (Å²) in [7, 11) is 0. The van der Waals surface area contributed by atoms with Crippen molar-refractivity contribution < 1.29 is 13.2 Å². The molecule has 2 aromatic carbocycles. The molecular formula is C20H16F3N3S. The minimum absolute atomic E-state index is 0.241. The highest BCUT2D eigenvalue weighted by atomic mass is 32.2. The third kappa shape index (κ3) is 5.59. The van der Waals surface area contributed by atoms with Gasteiger partial charge in [0, 0.05) is 16.0 Å². The molecule has 0 amide bonds. The van der Waals surface area contributed by atoms with Crippen LogP contribution in [0.1, 0.15) is 16.7 Å². The molecule has 1 aromatic heterocycles. The first-order chi connectivity index (χ1) is 12.9. The Hall–Kier alpha value is -2.80. The molecule has 0 atom stereocenters. The number of halogens is 3. The molecule has 0 unspecified atom stereocenters. The van der Waals surface area contributed by atoms with Crippen molar-refractivity contribution >= 4 is 23.8 Å². The normalized spacial score (nSPS) is 11.7. The van der Waals surface area contributed by atoms with E-state index in [9.17, 15) is 13.2 Å². The number of benzene rings is 2. The highest BCUT2D eigenvalue weighted by molar-refractivity contribution is 7.99. The zero-order valence-corrected chi connectivity index (χ0v) is 15.2. The van der Waals surface area contributed by atoms with E-state index >= 15 is 0 Å². The van der Waals surface area contributed by atoms with E-state index in [1.807, 2.05) is 24.3 Å². The zero-order chi connectivity index (χ0) is 19.3. The molecule has 0 aliphatic rings. The molecule has 1 heterocycles. The molecule has 1 N–H and O–H groups in total. The fraction of sp³-hybridized carbons (Fsp3) is 0.100. The van der Waals surface area contributed by atoms with Crippen LogP contribution >= 0.6 is 11.8 Å². The summed E-state index contributed by atoms with van der Waals surface area (Å²) in [6, 6.07) is 18.3. The number of alkyl halides is 3. The second-order valence-electron chi connectivity index (χ2n) is 5.78. The molecule has 138 valence electrons. The Morgan fingerprint density at radius 2 is 1.56 bits per heavy atom. The molecule has 0 radical (unpaired) electrons. The van der Waals surface area contributed by atoms with Crippen LogP contribution < -0.4 is 5.43 Å². The van der Waals surface area contributed by atoms with Gasteiger partial charge in [-0.15, -0.1) is 0 Å². The van der Waals surface area contributed by atoms with Crippen molar-refractivity contribution in [3.8, 4) is 0 Å². The lowest BCUT2D eigenvalue weighted by atomic mass is 10.2. The summed E-state index contributed by atoms with van der Waals surface area (Å²) in [6.45, 7) is 2.05.